The Morgan fingerprint density at radius 3 is 2.62 bits per heavy atom. The van der Waals surface area contributed by atoms with Gasteiger partial charge in [0.25, 0.3) is 5.91 Å². The summed E-state index contributed by atoms with van der Waals surface area (Å²) in [5.74, 6) is 0.279. The summed E-state index contributed by atoms with van der Waals surface area (Å²) < 4.78 is 1.94. The van der Waals surface area contributed by atoms with Crippen LogP contribution in [0.15, 0.2) is 43.0 Å². The summed E-state index contributed by atoms with van der Waals surface area (Å²) in [4.78, 5) is 21.6. The van der Waals surface area contributed by atoms with E-state index in [0.717, 1.165) is 22.0 Å². The average molecular weight is 340 g/mol. The minimum absolute atomic E-state index is 0.0596. The Balaban J connectivity index is 1.64. The van der Waals surface area contributed by atoms with Crippen LogP contribution in [0.3, 0.4) is 0 Å². The highest BCUT2D eigenvalue weighted by Crippen LogP contribution is 2.24. The number of nitrogens with one attached hydrogen (secondary N) is 1. The average Bonchev–Trinajstić information content (AvgIpc) is 3.23. The number of hydrogen-bond donors (Lipinski definition) is 1. The van der Waals surface area contributed by atoms with Gasteiger partial charge in [-0.15, -0.1) is 11.3 Å². The molecule has 3 rings (SSSR count). The van der Waals surface area contributed by atoms with Crippen molar-refractivity contribution in [1.29, 1.82) is 0 Å². The summed E-state index contributed by atoms with van der Waals surface area (Å²) in [6, 6.07) is 8.04. The second-order valence-electron chi connectivity index (χ2n) is 5.94. The van der Waals surface area contributed by atoms with Crippen molar-refractivity contribution in [1.82, 2.24) is 19.9 Å². The van der Waals surface area contributed by atoms with E-state index in [1.54, 1.807) is 12.5 Å². The molecule has 0 aliphatic carbocycles. The number of aromatic nitrogens is 3. The molecular weight excluding hydrogens is 320 g/mol. The molecule has 1 N–H and O–H groups in total. The van der Waals surface area contributed by atoms with Crippen LogP contribution in [0.2, 0.25) is 0 Å². The lowest BCUT2D eigenvalue weighted by Crippen LogP contribution is -2.22. The molecule has 2 aromatic heterocycles. The highest BCUT2D eigenvalue weighted by molar-refractivity contribution is 7.13. The monoisotopic (exact) mass is 340 g/mol. The van der Waals surface area contributed by atoms with Crippen molar-refractivity contribution in [3.63, 3.8) is 0 Å². The van der Waals surface area contributed by atoms with Gasteiger partial charge in [0.2, 0.25) is 0 Å². The predicted molar refractivity (Wildman–Crippen MR) is 95.7 cm³/mol. The summed E-state index contributed by atoms with van der Waals surface area (Å²) in [6.45, 7) is 6.55. The summed E-state index contributed by atoms with van der Waals surface area (Å²) in [7, 11) is 0. The Morgan fingerprint density at radius 2 is 2.04 bits per heavy atom. The molecule has 6 heteroatoms. The van der Waals surface area contributed by atoms with Gasteiger partial charge >= 0.3 is 0 Å². The third-order valence-corrected chi connectivity index (χ3v) is 5.16. The summed E-state index contributed by atoms with van der Waals surface area (Å²) in [5, 5.41) is 3.98. The standard InChI is InChI=1S/C18H20N4OS/c1-12(2)18-21-13(3)16(24-18)17(23)20-10-14-4-6-15(7-5-14)22-9-8-19-11-22/h4-9,11-12H,10H2,1-3H3,(H,20,23). The van der Waals surface area contributed by atoms with Crippen LogP contribution in [0.25, 0.3) is 5.69 Å². The molecule has 0 unspecified atom stereocenters. The van der Waals surface area contributed by atoms with Crippen LogP contribution < -0.4 is 5.32 Å². The molecule has 2 heterocycles. The van der Waals surface area contributed by atoms with Crippen molar-refractivity contribution in [3.8, 4) is 5.69 Å². The van der Waals surface area contributed by atoms with E-state index in [4.69, 9.17) is 0 Å². The quantitative estimate of drug-likeness (QED) is 0.770. The third kappa shape index (κ3) is 3.54. The zero-order valence-corrected chi connectivity index (χ0v) is 14.8. The summed E-state index contributed by atoms with van der Waals surface area (Å²) >= 11 is 1.48. The smallest absolute Gasteiger partial charge is 0.263 e. The van der Waals surface area contributed by atoms with Crippen LogP contribution >= 0.6 is 11.3 Å². The van der Waals surface area contributed by atoms with Gasteiger partial charge in [-0.2, -0.15) is 0 Å². The predicted octanol–water partition coefficient (Wildman–Crippen LogP) is 3.69. The molecule has 3 aromatic rings. The van der Waals surface area contributed by atoms with Gasteiger partial charge < -0.3 is 9.88 Å². The Morgan fingerprint density at radius 1 is 1.29 bits per heavy atom. The lowest BCUT2D eigenvalue weighted by molar-refractivity contribution is 0.0954. The molecule has 0 radical (unpaired) electrons. The molecule has 0 saturated heterocycles. The maximum absolute atomic E-state index is 12.4. The molecule has 24 heavy (non-hydrogen) atoms. The minimum atomic E-state index is -0.0596. The molecule has 1 amide bonds. The van der Waals surface area contributed by atoms with Gasteiger partial charge in [-0.05, 0) is 24.6 Å². The van der Waals surface area contributed by atoms with Gasteiger partial charge in [0, 0.05) is 30.5 Å². The number of aryl methyl sites for hydroxylation is 1. The van der Waals surface area contributed by atoms with Gasteiger partial charge in [0.05, 0.1) is 17.0 Å². The fourth-order valence-electron chi connectivity index (χ4n) is 2.34. The number of nitrogens with zero attached hydrogens (tertiary/aromatic N) is 3. The second kappa shape index (κ2) is 6.97. The van der Waals surface area contributed by atoms with Crippen LogP contribution in [-0.4, -0.2) is 20.4 Å². The number of carbonyl (C=O) groups is 1. The van der Waals surface area contributed by atoms with E-state index in [1.165, 1.54) is 11.3 Å². The van der Waals surface area contributed by atoms with Gasteiger partial charge in [0.1, 0.15) is 4.88 Å². The molecule has 0 fully saturated rings. The van der Waals surface area contributed by atoms with E-state index in [-0.39, 0.29) is 5.91 Å². The van der Waals surface area contributed by atoms with Crippen molar-refractivity contribution in [2.24, 2.45) is 0 Å². The number of carbonyl (C=O) groups excluding carboxylic acids is 1. The van der Waals surface area contributed by atoms with E-state index in [0.29, 0.717) is 17.3 Å². The summed E-state index contributed by atoms with van der Waals surface area (Å²) in [5.41, 5.74) is 2.90. The van der Waals surface area contributed by atoms with E-state index < -0.39 is 0 Å². The van der Waals surface area contributed by atoms with Crippen molar-refractivity contribution in [2.45, 2.75) is 33.2 Å². The van der Waals surface area contributed by atoms with Gasteiger partial charge in [0.15, 0.2) is 0 Å². The summed E-state index contributed by atoms with van der Waals surface area (Å²) in [6.07, 6.45) is 5.41. The first kappa shape index (κ1) is 16.4. The lowest BCUT2D eigenvalue weighted by atomic mass is 10.2. The lowest BCUT2D eigenvalue weighted by Gasteiger charge is -2.06. The number of amides is 1. The maximum atomic E-state index is 12.4. The first-order valence-corrected chi connectivity index (χ1v) is 8.69. The Kier molecular flexibility index (Phi) is 4.76. The molecule has 0 saturated carbocycles. The number of thiazole rings is 1. The number of rotatable bonds is 5. The number of hydrogen-bond acceptors (Lipinski definition) is 4. The van der Waals surface area contributed by atoms with Crippen LogP contribution in [-0.2, 0) is 6.54 Å². The Hall–Kier alpha value is -2.47. The van der Waals surface area contributed by atoms with Crippen molar-refractivity contribution < 1.29 is 4.79 Å². The van der Waals surface area contributed by atoms with Gasteiger partial charge in [-0.25, -0.2) is 9.97 Å². The van der Waals surface area contributed by atoms with Crippen molar-refractivity contribution >= 4 is 17.2 Å². The van der Waals surface area contributed by atoms with Crippen LogP contribution in [0, 0.1) is 6.92 Å². The maximum Gasteiger partial charge on any atom is 0.263 e. The first-order valence-electron chi connectivity index (χ1n) is 7.87. The molecule has 1 aromatic carbocycles. The SMILES string of the molecule is Cc1nc(C(C)C)sc1C(=O)NCc1ccc(-n2ccnc2)cc1. The minimum Gasteiger partial charge on any atom is -0.347 e. The highest BCUT2D eigenvalue weighted by atomic mass is 32.1. The fraction of sp³-hybridized carbons (Fsp3) is 0.278. The molecule has 0 bridgehead atoms. The largest absolute Gasteiger partial charge is 0.347 e. The van der Waals surface area contributed by atoms with Crippen LogP contribution in [0.5, 0.6) is 0 Å². The molecular formula is C18H20N4OS. The van der Waals surface area contributed by atoms with E-state index in [1.807, 2.05) is 42.0 Å². The highest BCUT2D eigenvalue weighted by Gasteiger charge is 2.16. The van der Waals surface area contributed by atoms with Crippen molar-refractivity contribution in [2.75, 3.05) is 0 Å². The molecule has 0 aliphatic rings. The van der Waals surface area contributed by atoms with Gasteiger partial charge in [-0.3, -0.25) is 4.79 Å². The zero-order chi connectivity index (χ0) is 17.1. The van der Waals surface area contributed by atoms with Crippen LogP contribution in [0.4, 0.5) is 0 Å². The molecule has 0 spiro atoms. The van der Waals surface area contributed by atoms with E-state index in [9.17, 15) is 4.79 Å². The Bertz CT molecular complexity index is 819. The molecule has 5 nitrogen and oxygen atoms in total. The topological polar surface area (TPSA) is 59.8 Å². The second-order valence-corrected chi connectivity index (χ2v) is 6.97. The van der Waals surface area contributed by atoms with E-state index in [2.05, 4.69) is 29.1 Å². The van der Waals surface area contributed by atoms with E-state index >= 15 is 0 Å². The molecule has 124 valence electrons. The normalized spacial score (nSPS) is 11.0. The number of benzene rings is 1. The van der Waals surface area contributed by atoms with Gasteiger partial charge in [-0.1, -0.05) is 26.0 Å². The molecule has 0 atom stereocenters. The first-order chi connectivity index (χ1) is 11.5. The Labute approximate surface area is 145 Å². The fourth-order valence-corrected chi connectivity index (χ4v) is 3.32. The number of imidazole rings is 1. The van der Waals surface area contributed by atoms with Crippen molar-refractivity contribution in [3.05, 3.63) is 64.1 Å². The zero-order valence-electron chi connectivity index (χ0n) is 14.0. The molecule has 0 aliphatic heterocycles. The van der Waals surface area contributed by atoms with Crippen LogP contribution in [0.1, 0.15) is 45.7 Å². The third-order valence-electron chi connectivity index (χ3n) is 3.71.